The van der Waals surface area contributed by atoms with Gasteiger partial charge in [-0.1, -0.05) is 6.07 Å². The summed E-state index contributed by atoms with van der Waals surface area (Å²) in [7, 11) is -4.23. The molecule has 0 radical (unpaired) electrons. The van der Waals surface area contributed by atoms with E-state index in [2.05, 4.69) is 0 Å². The quantitative estimate of drug-likeness (QED) is 0.915. The number of halogens is 2. The Kier molecular flexibility index (Phi) is 3.87. The molecule has 0 aromatic heterocycles. The van der Waals surface area contributed by atoms with Gasteiger partial charge in [0.05, 0.1) is 5.69 Å². The lowest BCUT2D eigenvalue weighted by Crippen LogP contribution is -2.15. The Morgan fingerprint density at radius 1 is 1.10 bits per heavy atom. The van der Waals surface area contributed by atoms with Gasteiger partial charge in [-0.2, -0.15) is 0 Å². The molecule has 0 amide bonds. The Morgan fingerprint density at radius 3 is 2.43 bits per heavy atom. The van der Waals surface area contributed by atoms with Gasteiger partial charge in [-0.3, -0.25) is 4.72 Å². The molecule has 2 aromatic carbocycles. The number of hydrogen-bond donors (Lipinski definition) is 2. The third-order valence-electron chi connectivity index (χ3n) is 2.87. The highest BCUT2D eigenvalue weighted by Gasteiger charge is 2.22. The predicted octanol–water partition coefficient (Wildman–Crippen LogP) is 3.09. The normalized spacial score (nSPS) is 11.4. The molecular formula is C14H13F2NO3S. The second kappa shape index (κ2) is 5.33. The van der Waals surface area contributed by atoms with E-state index in [0.717, 1.165) is 18.2 Å². The van der Waals surface area contributed by atoms with Crippen molar-refractivity contribution >= 4 is 15.7 Å². The Balaban J connectivity index is 2.51. The van der Waals surface area contributed by atoms with Crippen molar-refractivity contribution in [2.75, 3.05) is 4.72 Å². The average Bonchev–Trinajstić information content (AvgIpc) is 2.37. The van der Waals surface area contributed by atoms with Gasteiger partial charge in [0.1, 0.15) is 22.3 Å². The number of aryl methyl sites for hydroxylation is 2. The third kappa shape index (κ3) is 3.13. The minimum atomic E-state index is -4.23. The highest BCUT2D eigenvalue weighted by atomic mass is 32.2. The van der Waals surface area contributed by atoms with Crippen molar-refractivity contribution in [2.24, 2.45) is 0 Å². The third-order valence-corrected chi connectivity index (χ3v) is 4.25. The lowest BCUT2D eigenvalue weighted by Gasteiger charge is -2.12. The summed E-state index contributed by atoms with van der Waals surface area (Å²) in [5.41, 5.74) is 0.467. The number of hydrogen-bond acceptors (Lipinski definition) is 3. The van der Waals surface area contributed by atoms with Crippen LogP contribution in [0.15, 0.2) is 35.2 Å². The Morgan fingerprint density at radius 2 is 1.76 bits per heavy atom. The zero-order chi connectivity index (χ0) is 15.8. The number of nitrogens with one attached hydrogen (secondary N) is 1. The molecule has 4 nitrogen and oxygen atoms in total. The van der Waals surface area contributed by atoms with Gasteiger partial charge in [0, 0.05) is 6.07 Å². The monoisotopic (exact) mass is 313 g/mol. The second-order valence-electron chi connectivity index (χ2n) is 4.66. The van der Waals surface area contributed by atoms with Crippen molar-refractivity contribution in [1.29, 1.82) is 0 Å². The van der Waals surface area contributed by atoms with Crippen molar-refractivity contribution < 1.29 is 22.3 Å². The van der Waals surface area contributed by atoms with E-state index < -0.39 is 33.1 Å². The molecule has 21 heavy (non-hydrogen) atoms. The second-order valence-corrected chi connectivity index (χ2v) is 6.31. The van der Waals surface area contributed by atoms with Crippen LogP contribution in [-0.2, 0) is 10.0 Å². The zero-order valence-corrected chi connectivity index (χ0v) is 12.1. The van der Waals surface area contributed by atoms with Crippen LogP contribution in [-0.4, -0.2) is 13.5 Å². The minimum Gasteiger partial charge on any atom is -0.506 e. The molecular weight excluding hydrogens is 300 g/mol. The molecule has 2 aromatic rings. The number of sulfonamides is 1. The van der Waals surface area contributed by atoms with Gasteiger partial charge in [0.25, 0.3) is 10.0 Å². The van der Waals surface area contributed by atoms with Gasteiger partial charge in [-0.15, -0.1) is 0 Å². The van der Waals surface area contributed by atoms with Crippen LogP contribution in [0.4, 0.5) is 14.5 Å². The summed E-state index contributed by atoms with van der Waals surface area (Å²) in [6.07, 6.45) is 0. The van der Waals surface area contributed by atoms with E-state index in [-0.39, 0.29) is 4.90 Å². The maximum atomic E-state index is 13.5. The molecule has 0 aliphatic heterocycles. The van der Waals surface area contributed by atoms with Crippen LogP contribution in [0.2, 0.25) is 0 Å². The van der Waals surface area contributed by atoms with E-state index in [1.807, 2.05) is 4.72 Å². The summed E-state index contributed by atoms with van der Waals surface area (Å²) in [5, 5.41) is 9.87. The van der Waals surface area contributed by atoms with Gasteiger partial charge >= 0.3 is 0 Å². The molecule has 0 unspecified atom stereocenters. The number of rotatable bonds is 3. The first-order chi connectivity index (χ1) is 9.70. The number of aromatic hydroxyl groups is 1. The molecule has 0 aliphatic rings. The number of phenolic OH excluding ortho intramolecular Hbond substituents is 1. The standard InChI is InChI=1S/C14H13F2NO3S/c1-8-5-9(2)14(18)13(6-8)21(19,20)17-12-7-10(15)3-4-11(12)16/h3-7,17-18H,1-2H3. The Hall–Kier alpha value is -2.15. The first-order valence-electron chi connectivity index (χ1n) is 5.99. The summed E-state index contributed by atoms with van der Waals surface area (Å²) in [4.78, 5) is -0.385. The highest BCUT2D eigenvalue weighted by Crippen LogP contribution is 2.30. The Labute approximate surface area is 121 Å². The molecule has 2 N–H and O–H groups in total. The van der Waals surface area contributed by atoms with E-state index in [0.29, 0.717) is 11.1 Å². The van der Waals surface area contributed by atoms with Crippen molar-refractivity contribution in [3.8, 4) is 5.75 Å². The smallest absolute Gasteiger partial charge is 0.265 e. The van der Waals surface area contributed by atoms with E-state index >= 15 is 0 Å². The maximum absolute atomic E-state index is 13.5. The van der Waals surface area contributed by atoms with Crippen molar-refractivity contribution in [2.45, 2.75) is 18.7 Å². The number of phenols is 1. The first-order valence-corrected chi connectivity index (χ1v) is 7.47. The fourth-order valence-electron chi connectivity index (χ4n) is 1.90. The maximum Gasteiger partial charge on any atom is 0.265 e. The molecule has 112 valence electrons. The molecule has 0 bridgehead atoms. The van der Waals surface area contributed by atoms with Crippen molar-refractivity contribution in [1.82, 2.24) is 0 Å². The van der Waals surface area contributed by atoms with Crippen LogP contribution in [0, 0.1) is 25.5 Å². The van der Waals surface area contributed by atoms with Crippen molar-refractivity contribution in [3.05, 3.63) is 53.1 Å². The first kappa shape index (κ1) is 15.2. The van der Waals surface area contributed by atoms with Crippen LogP contribution < -0.4 is 4.72 Å². The van der Waals surface area contributed by atoms with Gasteiger partial charge < -0.3 is 5.11 Å². The van der Waals surface area contributed by atoms with E-state index in [1.165, 1.54) is 6.07 Å². The molecule has 0 aliphatic carbocycles. The zero-order valence-electron chi connectivity index (χ0n) is 11.3. The average molecular weight is 313 g/mol. The largest absolute Gasteiger partial charge is 0.506 e. The van der Waals surface area contributed by atoms with Gasteiger partial charge in [-0.25, -0.2) is 17.2 Å². The minimum absolute atomic E-state index is 0.370. The fraction of sp³-hybridized carbons (Fsp3) is 0.143. The van der Waals surface area contributed by atoms with Crippen LogP contribution in [0.25, 0.3) is 0 Å². The lowest BCUT2D eigenvalue weighted by molar-refractivity contribution is 0.454. The number of anilines is 1. The summed E-state index contributed by atoms with van der Waals surface area (Å²) in [6.45, 7) is 3.21. The molecule has 0 saturated carbocycles. The van der Waals surface area contributed by atoms with Crippen molar-refractivity contribution in [3.63, 3.8) is 0 Å². The lowest BCUT2D eigenvalue weighted by atomic mass is 10.1. The summed E-state index contributed by atoms with van der Waals surface area (Å²) in [6, 6.07) is 5.28. The van der Waals surface area contributed by atoms with Crippen LogP contribution >= 0.6 is 0 Å². The molecule has 0 heterocycles. The number of benzene rings is 2. The molecule has 0 atom stereocenters. The molecule has 7 heteroatoms. The molecule has 0 fully saturated rings. The van der Waals surface area contributed by atoms with Gasteiger partial charge in [-0.05, 0) is 43.2 Å². The highest BCUT2D eigenvalue weighted by molar-refractivity contribution is 7.92. The SMILES string of the molecule is Cc1cc(C)c(O)c(S(=O)(=O)Nc2cc(F)ccc2F)c1. The van der Waals surface area contributed by atoms with Crippen LogP contribution in [0.1, 0.15) is 11.1 Å². The Bertz CT molecular complexity index is 804. The topological polar surface area (TPSA) is 66.4 Å². The molecule has 0 spiro atoms. The summed E-state index contributed by atoms with van der Waals surface area (Å²) < 4.78 is 53.0. The predicted molar refractivity (Wildman–Crippen MR) is 74.7 cm³/mol. The van der Waals surface area contributed by atoms with Gasteiger partial charge in [0.15, 0.2) is 0 Å². The van der Waals surface area contributed by atoms with E-state index in [4.69, 9.17) is 0 Å². The van der Waals surface area contributed by atoms with E-state index in [1.54, 1.807) is 19.9 Å². The van der Waals surface area contributed by atoms with E-state index in [9.17, 15) is 22.3 Å². The fourth-order valence-corrected chi connectivity index (χ4v) is 3.21. The van der Waals surface area contributed by atoms with Gasteiger partial charge in [0.2, 0.25) is 0 Å². The van der Waals surface area contributed by atoms with Crippen LogP contribution in [0.5, 0.6) is 5.75 Å². The van der Waals surface area contributed by atoms with Crippen LogP contribution in [0.3, 0.4) is 0 Å². The molecule has 0 saturated heterocycles. The molecule has 2 rings (SSSR count). The summed E-state index contributed by atoms with van der Waals surface area (Å²) >= 11 is 0. The summed E-state index contributed by atoms with van der Waals surface area (Å²) in [5.74, 6) is -2.12.